The molecule has 1 amide bonds. The third-order valence-corrected chi connectivity index (χ3v) is 4.95. The van der Waals surface area contributed by atoms with Gasteiger partial charge in [0.2, 0.25) is 0 Å². The number of benzene rings is 2. The van der Waals surface area contributed by atoms with Crippen LogP contribution in [0.3, 0.4) is 0 Å². The number of aromatic nitrogens is 1. The van der Waals surface area contributed by atoms with E-state index in [4.69, 9.17) is 16.3 Å². The van der Waals surface area contributed by atoms with Crippen molar-refractivity contribution in [3.05, 3.63) is 64.0 Å². The Balaban J connectivity index is 1.59. The smallest absolute Gasteiger partial charge is 0.264 e. The van der Waals surface area contributed by atoms with Crippen LogP contribution < -0.4 is 10.1 Å². The van der Waals surface area contributed by atoms with Crippen molar-refractivity contribution in [2.24, 2.45) is 0 Å². The van der Waals surface area contributed by atoms with Crippen LogP contribution in [0.15, 0.2) is 47.8 Å². The molecule has 1 N–H and O–H groups in total. The molecule has 25 heavy (non-hydrogen) atoms. The van der Waals surface area contributed by atoms with Crippen molar-refractivity contribution in [2.75, 3.05) is 11.9 Å². The number of nitrogens with zero attached hydrogens (tertiary/aromatic N) is 1. The van der Waals surface area contributed by atoms with Crippen LogP contribution in [0.4, 0.5) is 5.13 Å². The number of amides is 1. The zero-order valence-corrected chi connectivity index (χ0v) is 15.4. The zero-order valence-electron chi connectivity index (χ0n) is 13.9. The Kier molecular flexibility index (Phi) is 5.36. The molecule has 4 nitrogen and oxygen atoms in total. The summed E-state index contributed by atoms with van der Waals surface area (Å²) in [6, 6.07) is 13.5. The molecule has 0 saturated heterocycles. The van der Waals surface area contributed by atoms with E-state index in [0.717, 1.165) is 22.4 Å². The minimum atomic E-state index is -0.251. The highest BCUT2D eigenvalue weighted by Crippen LogP contribution is 2.26. The maximum absolute atomic E-state index is 12.1. The Labute approximate surface area is 155 Å². The van der Waals surface area contributed by atoms with E-state index in [0.29, 0.717) is 15.9 Å². The fourth-order valence-electron chi connectivity index (χ4n) is 2.37. The van der Waals surface area contributed by atoms with Crippen molar-refractivity contribution in [1.29, 1.82) is 0 Å². The van der Waals surface area contributed by atoms with Gasteiger partial charge in [-0.05, 0) is 37.1 Å². The first-order valence-corrected chi connectivity index (χ1v) is 8.99. The number of hydrogen-bond donors (Lipinski definition) is 1. The second kappa shape index (κ2) is 7.68. The van der Waals surface area contributed by atoms with E-state index in [2.05, 4.69) is 10.3 Å². The minimum Gasteiger partial charge on any atom is -0.484 e. The summed E-state index contributed by atoms with van der Waals surface area (Å²) in [5.74, 6) is 0.373. The summed E-state index contributed by atoms with van der Waals surface area (Å²) in [7, 11) is 0. The summed E-state index contributed by atoms with van der Waals surface area (Å²) in [4.78, 5) is 16.5. The molecule has 3 aromatic rings. The second-order valence-electron chi connectivity index (χ2n) is 5.61. The maximum atomic E-state index is 12.1. The number of carbonyl (C=O) groups excluding carboxylic acids is 1. The molecule has 0 aliphatic heterocycles. The second-order valence-corrected chi connectivity index (χ2v) is 6.85. The number of nitrogens with one attached hydrogen (secondary N) is 1. The molecule has 0 saturated carbocycles. The molecule has 1 heterocycles. The topological polar surface area (TPSA) is 51.2 Å². The van der Waals surface area contributed by atoms with Crippen molar-refractivity contribution in [3.63, 3.8) is 0 Å². The third kappa shape index (κ3) is 4.38. The molecule has 0 unspecified atom stereocenters. The molecular formula is C19H17ClN2O2S. The summed E-state index contributed by atoms with van der Waals surface area (Å²) in [5.41, 5.74) is 3.70. The van der Waals surface area contributed by atoms with Crippen molar-refractivity contribution in [3.8, 4) is 17.0 Å². The number of hydrogen-bond acceptors (Lipinski definition) is 4. The summed E-state index contributed by atoms with van der Waals surface area (Å²) in [6.45, 7) is 3.73. The number of anilines is 1. The molecule has 128 valence electrons. The molecule has 0 spiro atoms. The van der Waals surface area contributed by atoms with Gasteiger partial charge < -0.3 is 4.74 Å². The number of halogens is 1. The molecule has 0 aliphatic rings. The molecule has 0 radical (unpaired) electrons. The Hall–Kier alpha value is -2.37. The third-order valence-electron chi connectivity index (χ3n) is 3.60. The van der Waals surface area contributed by atoms with Gasteiger partial charge in [-0.3, -0.25) is 10.1 Å². The molecule has 0 fully saturated rings. The van der Waals surface area contributed by atoms with Gasteiger partial charge in [-0.15, -0.1) is 11.3 Å². The predicted octanol–water partition coefficient (Wildman–Crippen LogP) is 5.10. The van der Waals surface area contributed by atoms with E-state index in [1.54, 1.807) is 0 Å². The van der Waals surface area contributed by atoms with E-state index in [1.807, 2.05) is 61.7 Å². The molecule has 6 heteroatoms. The number of thiazole rings is 1. The Morgan fingerprint density at radius 2 is 1.88 bits per heavy atom. The first-order chi connectivity index (χ1) is 12.0. The summed E-state index contributed by atoms with van der Waals surface area (Å²) in [6.07, 6.45) is 0. The average Bonchev–Trinajstić information content (AvgIpc) is 3.07. The van der Waals surface area contributed by atoms with Gasteiger partial charge in [-0.1, -0.05) is 41.9 Å². The van der Waals surface area contributed by atoms with Crippen molar-refractivity contribution in [2.45, 2.75) is 13.8 Å². The number of carbonyl (C=O) groups is 1. The van der Waals surface area contributed by atoms with Crippen LogP contribution in [0.1, 0.15) is 11.1 Å². The van der Waals surface area contributed by atoms with Crippen LogP contribution in [-0.2, 0) is 4.79 Å². The van der Waals surface area contributed by atoms with E-state index in [9.17, 15) is 4.79 Å². The fraction of sp³-hybridized carbons (Fsp3) is 0.158. The van der Waals surface area contributed by atoms with E-state index in [1.165, 1.54) is 11.3 Å². The molecular weight excluding hydrogens is 356 g/mol. The first-order valence-electron chi connectivity index (χ1n) is 7.73. The van der Waals surface area contributed by atoms with E-state index >= 15 is 0 Å². The lowest BCUT2D eigenvalue weighted by atomic mass is 10.1. The van der Waals surface area contributed by atoms with Gasteiger partial charge in [0.05, 0.1) is 5.69 Å². The lowest BCUT2D eigenvalue weighted by molar-refractivity contribution is -0.118. The Morgan fingerprint density at radius 3 is 2.56 bits per heavy atom. The average molecular weight is 373 g/mol. The van der Waals surface area contributed by atoms with Gasteiger partial charge in [0.15, 0.2) is 11.7 Å². The van der Waals surface area contributed by atoms with Crippen molar-refractivity contribution >= 4 is 34.0 Å². The predicted molar refractivity (Wildman–Crippen MR) is 103 cm³/mol. The molecule has 0 atom stereocenters. The zero-order chi connectivity index (χ0) is 17.8. The van der Waals surface area contributed by atoms with Gasteiger partial charge in [0.1, 0.15) is 5.75 Å². The fourth-order valence-corrected chi connectivity index (χ4v) is 3.21. The Bertz CT molecular complexity index is 870. The van der Waals surface area contributed by atoms with Crippen LogP contribution >= 0.6 is 22.9 Å². The van der Waals surface area contributed by atoms with Crippen LogP contribution in [-0.4, -0.2) is 17.5 Å². The quantitative estimate of drug-likeness (QED) is 0.678. The number of ether oxygens (including phenoxy) is 1. The van der Waals surface area contributed by atoms with E-state index in [-0.39, 0.29) is 12.5 Å². The van der Waals surface area contributed by atoms with Gasteiger partial charge >= 0.3 is 0 Å². The highest BCUT2D eigenvalue weighted by molar-refractivity contribution is 7.14. The number of aryl methyl sites for hydroxylation is 2. The van der Waals surface area contributed by atoms with Crippen LogP contribution in [0, 0.1) is 13.8 Å². The van der Waals surface area contributed by atoms with Gasteiger partial charge in [0.25, 0.3) is 5.91 Å². The summed E-state index contributed by atoms with van der Waals surface area (Å²) in [5, 5.41) is 5.94. The monoisotopic (exact) mass is 372 g/mol. The van der Waals surface area contributed by atoms with Crippen molar-refractivity contribution in [1.82, 2.24) is 4.98 Å². The van der Waals surface area contributed by atoms with Crippen molar-refractivity contribution < 1.29 is 9.53 Å². The molecule has 1 aromatic heterocycles. The maximum Gasteiger partial charge on any atom is 0.264 e. The first kappa shape index (κ1) is 17.5. The summed E-state index contributed by atoms with van der Waals surface area (Å²) < 4.78 is 5.55. The van der Waals surface area contributed by atoms with Gasteiger partial charge in [-0.2, -0.15) is 0 Å². The molecule has 0 aliphatic carbocycles. The minimum absolute atomic E-state index is 0.0826. The Morgan fingerprint density at radius 1 is 1.20 bits per heavy atom. The normalized spacial score (nSPS) is 10.5. The lowest BCUT2D eigenvalue weighted by Gasteiger charge is -2.09. The lowest BCUT2D eigenvalue weighted by Crippen LogP contribution is -2.20. The highest BCUT2D eigenvalue weighted by atomic mass is 35.5. The van der Waals surface area contributed by atoms with Gasteiger partial charge in [-0.25, -0.2) is 4.98 Å². The SMILES string of the molecule is Cc1cc(OCC(=O)Nc2nc(-c3ccccc3)cs2)cc(C)c1Cl. The largest absolute Gasteiger partial charge is 0.484 e. The molecule has 0 bridgehead atoms. The van der Waals surface area contributed by atoms with Crippen LogP contribution in [0.2, 0.25) is 5.02 Å². The van der Waals surface area contributed by atoms with Gasteiger partial charge in [0, 0.05) is 16.0 Å². The van der Waals surface area contributed by atoms with Crippen LogP contribution in [0.25, 0.3) is 11.3 Å². The standard InChI is InChI=1S/C19H17ClN2O2S/c1-12-8-15(9-13(2)18(12)20)24-10-17(23)22-19-21-16(11-25-19)14-6-4-3-5-7-14/h3-9,11H,10H2,1-2H3,(H,21,22,23). The molecule has 3 rings (SSSR count). The summed E-state index contributed by atoms with van der Waals surface area (Å²) >= 11 is 7.52. The van der Waals surface area contributed by atoms with Crippen LogP contribution in [0.5, 0.6) is 5.75 Å². The molecule has 2 aromatic carbocycles. The highest BCUT2D eigenvalue weighted by Gasteiger charge is 2.10. The van der Waals surface area contributed by atoms with E-state index < -0.39 is 0 Å². The number of rotatable bonds is 5.